The van der Waals surface area contributed by atoms with Gasteiger partial charge in [-0.25, -0.2) is 0 Å². The number of thiol groups is 1. The van der Waals surface area contributed by atoms with Crippen LogP contribution in [0, 0.1) is 5.41 Å². The molecule has 0 radical (unpaired) electrons. The topological polar surface area (TPSA) is 76.8 Å². The molecule has 0 amide bonds. The number of phenols is 2. The van der Waals surface area contributed by atoms with Crippen molar-refractivity contribution in [2.75, 3.05) is 18.6 Å². The largest absolute Gasteiger partial charge is 0.508 e. The van der Waals surface area contributed by atoms with Gasteiger partial charge in [0.25, 0.3) is 0 Å². The van der Waals surface area contributed by atoms with E-state index < -0.39 is 0 Å². The summed E-state index contributed by atoms with van der Waals surface area (Å²) < 4.78 is 5.10. The minimum Gasteiger partial charge on any atom is -0.508 e. The molecular weight excluding hydrogens is 348 g/mol. The number of methoxy groups -OCH3 is 1. The fourth-order valence-electron chi connectivity index (χ4n) is 2.69. The Morgan fingerprint density at radius 3 is 2.35 bits per heavy atom. The first-order valence-corrected chi connectivity index (χ1v) is 8.61. The van der Waals surface area contributed by atoms with Crippen LogP contribution in [-0.4, -0.2) is 29.8 Å². The molecule has 0 unspecified atom stereocenters. The fourth-order valence-corrected chi connectivity index (χ4v) is 2.83. The lowest BCUT2D eigenvalue weighted by molar-refractivity contribution is 0.244. The van der Waals surface area contributed by atoms with Crippen LogP contribution in [0.1, 0.15) is 30.9 Å². The molecule has 2 aromatic rings. The molecule has 138 valence electrons. The lowest BCUT2D eigenvalue weighted by Crippen LogP contribution is -2.31. The molecule has 26 heavy (non-hydrogen) atoms. The second kappa shape index (κ2) is 8.29. The molecule has 0 saturated carbocycles. The highest BCUT2D eigenvalue weighted by Crippen LogP contribution is 2.37. The molecule has 0 fully saturated rings. The van der Waals surface area contributed by atoms with E-state index in [1.54, 1.807) is 11.0 Å². The number of nitrogens with one attached hydrogen (secondary N) is 1. The van der Waals surface area contributed by atoms with Crippen molar-refractivity contribution in [1.29, 1.82) is 5.41 Å². The molecular formula is C20H24N2O3S. The van der Waals surface area contributed by atoms with Crippen molar-refractivity contribution in [2.24, 2.45) is 0 Å². The SMILES string of the molecule is C=C(c1cc(C(C)C)c(O)cc1O)N(C(=N)COC)c1ccc(S)cc1. The molecule has 5 nitrogen and oxygen atoms in total. The predicted molar refractivity (Wildman–Crippen MR) is 109 cm³/mol. The third-order valence-corrected chi connectivity index (χ3v) is 4.30. The summed E-state index contributed by atoms with van der Waals surface area (Å²) in [6.45, 7) is 8.07. The maximum absolute atomic E-state index is 10.4. The van der Waals surface area contributed by atoms with Crippen LogP contribution in [0.2, 0.25) is 0 Å². The van der Waals surface area contributed by atoms with Gasteiger partial charge in [0.15, 0.2) is 0 Å². The van der Waals surface area contributed by atoms with Gasteiger partial charge < -0.3 is 14.9 Å². The van der Waals surface area contributed by atoms with Crippen molar-refractivity contribution in [3.8, 4) is 11.5 Å². The van der Waals surface area contributed by atoms with E-state index >= 15 is 0 Å². The molecule has 0 aliphatic carbocycles. The average molecular weight is 372 g/mol. The molecule has 0 aliphatic rings. The Morgan fingerprint density at radius 2 is 1.81 bits per heavy atom. The van der Waals surface area contributed by atoms with Crippen molar-refractivity contribution >= 4 is 29.8 Å². The number of ether oxygens (including phenoxy) is 1. The molecule has 0 aromatic heterocycles. The van der Waals surface area contributed by atoms with E-state index in [9.17, 15) is 10.2 Å². The van der Waals surface area contributed by atoms with Gasteiger partial charge in [-0.1, -0.05) is 20.4 Å². The highest BCUT2D eigenvalue weighted by Gasteiger charge is 2.21. The zero-order valence-electron chi connectivity index (χ0n) is 15.2. The van der Waals surface area contributed by atoms with Gasteiger partial charge in [0.1, 0.15) is 23.9 Å². The monoisotopic (exact) mass is 372 g/mol. The first kappa shape index (κ1) is 19.9. The number of aromatic hydroxyl groups is 2. The number of hydrogen-bond acceptors (Lipinski definition) is 5. The molecule has 0 spiro atoms. The Hall–Kier alpha value is -2.44. The number of benzene rings is 2. The summed E-state index contributed by atoms with van der Waals surface area (Å²) in [4.78, 5) is 2.40. The van der Waals surface area contributed by atoms with E-state index in [-0.39, 0.29) is 29.9 Å². The van der Waals surface area contributed by atoms with Crippen molar-refractivity contribution in [3.63, 3.8) is 0 Å². The molecule has 0 bridgehead atoms. The summed E-state index contributed by atoms with van der Waals surface area (Å²) in [5.74, 6) is 0.172. The lowest BCUT2D eigenvalue weighted by Gasteiger charge is -2.28. The third-order valence-electron chi connectivity index (χ3n) is 4.01. The van der Waals surface area contributed by atoms with E-state index in [0.29, 0.717) is 22.5 Å². The maximum Gasteiger partial charge on any atom is 0.131 e. The summed E-state index contributed by atoms with van der Waals surface area (Å²) in [7, 11) is 1.52. The number of rotatable bonds is 6. The Balaban J connectivity index is 2.55. The number of nitrogens with zero attached hydrogens (tertiary/aromatic N) is 1. The Labute approximate surface area is 159 Å². The Morgan fingerprint density at radius 1 is 1.19 bits per heavy atom. The summed E-state index contributed by atoms with van der Waals surface area (Å²) in [6, 6.07) is 10.3. The lowest BCUT2D eigenvalue weighted by atomic mass is 9.97. The van der Waals surface area contributed by atoms with Gasteiger partial charge in [0.05, 0.1) is 5.70 Å². The van der Waals surface area contributed by atoms with Gasteiger partial charge in [-0.3, -0.25) is 10.3 Å². The normalized spacial score (nSPS) is 10.8. The number of anilines is 1. The molecule has 2 aromatic carbocycles. The van der Waals surface area contributed by atoms with E-state index in [2.05, 4.69) is 19.2 Å². The van der Waals surface area contributed by atoms with Gasteiger partial charge in [-0.15, -0.1) is 12.6 Å². The Bertz CT molecular complexity index is 817. The average Bonchev–Trinajstić information content (AvgIpc) is 2.56. The Kier molecular flexibility index (Phi) is 6.34. The minimum absolute atomic E-state index is 0.0343. The standard InChI is InChI=1S/C20H24N2O3S/c1-12(2)16-9-17(19(24)10-18(16)23)13(3)22(20(21)11-25-4)14-5-7-15(26)8-6-14/h5-10,12,21,23-24,26H,3,11H2,1-2,4H3. The fraction of sp³-hybridized carbons (Fsp3) is 0.250. The van der Waals surface area contributed by atoms with Crippen LogP contribution < -0.4 is 4.90 Å². The quantitative estimate of drug-likeness (QED) is 0.339. The van der Waals surface area contributed by atoms with Crippen molar-refractivity contribution in [2.45, 2.75) is 24.7 Å². The van der Waals surface area contributed by atoms with Gasteiger partial charge in [0.2, 0.25) is 0 Å². The number of phenolic OH excluding ortho intramolecular Hbond substituents is 2. The summed E-state index contributed by atoms with van der Waals surface area (Å²) in [5, 5.41) is 28.8. The summed E-state index contributed by atoms with van der Waals surface area (Å²) in [5.41, 5.74) is 2.26. The third kappa shape index (κ3) is 4.20. The first-order chi connectivity index (χ1) is 12.3. The first-order valence-electron chi connectivity index (χ1n) is 8.17. The molecule has 6 heteroatoms. The second-order valence-corrected chi connectivity index (χ2v) is 6.78. The molecule has 0 atom stereocenters. The van der Waals surface area contributed by atoms with Crippen LogP contribution in [0.3, 0.4) is 0 Å². The predicted octanol–water partition coefficient (Wildman–Crippen LogP) is 4.61. The van der Waals surface area contributed by atoms with E-state index in [1.807, 2.05) is 38.1 Å². The minimum atomic E-state index is -0.0991. The van der Waals surface area contributed by atoms with Gasteiger partial charge >= 0.3 is 0 Å². The van der Waals surface area contributed by atoms with Crippen LogP contribution >= 0.6 is 12.6 Å². The van der Waals surface area contributed by atoms with Crippen LogP contribution in [0.15, 0.2) is 47.9 Å². The van der Waals surface area contributed by atoms with Crippen LogP contribution in [0.25, 0.3) is 5.70 Å². The zero-order valence-corrected chi connectivity index (χ0v) is 16.0. The van der Waals surface area contributed by atoms with Crippen molar-refractivity contribution in [3.05, 3.63) is 54.1 Å². The van der Waals surface area contributed by atoms with Crippen LogP contribution in [-0.2, 0) is 4.74 Å². The van der Waals surface area contributed by atoms with Crippen molar-refractivity contribution in [1.82, 2.24) is 0 Å². The highest BCUT2D eigenvalue weighted by atomic mass is 32.1. The molecule has 3 N–H and O–H groups in total. The molecule has 0 heterocycles. The van der Waals surface area contributed by atoms with E-state index in [4.69, 9.17) is 10.1 Å². The van der Waals surface area contributed by atoms with Gasteiger partial charge in [-0.2, -0.15) is 0 Å². The second-order valence-electron chi connectivity index (χ2n) is 6.26. The number of amidine groups is 1. The van der Waals surface area contributed by atoms with Gasteiger partial charge in [0, 0.05) is 29.3 Å². The number of hydrogen-bond donors (Lipinski definition) is 4. The molecule has 0 saturated heterocycles. The molecule has 2 rings (SSSR count). The highest BCUT2D eigenvalue weighted by molar-refractivity contribution is 7.80. The van der Waals surface area contributed by atoms with E-state index in [0.717, 1.165) is 4.90 Å². The van der Waals surface area contributed by atoms with Crippen LogP contribution in [0.4, 0.5) is 5.69 Å². The maximum atomic E-state index is 10.4. The smallest absolute Gasteiger partial charge is 0.131 e. The van der Waals surface area contributed by atoms with E-state index in [1.165, 1.54) is 13.2 Å². The van der Waals surface area contributed by atoms with Crippen molar-refractivity contribution < 1.29 is 14.9 Å². The molecule has 0 aliphatic heterocycles. The van der Waals surface area contributed by atoms with Gasteiger partial charge in [-0.05, 0) is 41.8 Å². The summed E-state index contributed by atoms with van der Waals surface area (Å²) in [6.07, 6.45) is 0. The summed E-state index contributed by atoms with van der Waals surface area (Å²) >= 11 is 4.29. The zero-order chi connectivity index (χ0) is 19.4. The van der Waals surface area contributed by atoms with Crippen LogP contribution in [0.5, 0.6) is 11.5 Å².